The first-order valence-corrected chi connectivity index (χ1v) is 12.5. The van der Waals surface area contributed by atoms with E-state index in [4.69, 9.17) is 9.47 Å². The smallest absolute Gasteiger partial charge is 0.272 e. The number of aromatic nitrogens is 3. The van der Waals surface area contributed by atoms with E-state index in [1.54, 1.807) is 53.3 Å². The van der Waals surface area contributed by atoms with Gasteiger partial charge in [0.25, 0.3) is 17.7 Å². The predicted molar refractivity (Wildman–Crippen MR) is 137 cm³/mol. The van der Waals surface area contributed by atoms with E-state index in [0.717, 1.165) is 25.2 Å². The molecule has 2 aliphatic rings. The fraction of sp³-hybridized carbons (Fsp3) is 0.333. The minimum absolute atomic E-state index is 0.0913. The topological polar surface area (TPSA) is 127 Å². The molecule has 0 radical (unpaired) electrons. The first-order chi connectivity index (χ1) is 18.4. The molecule has 1 aromatic carbocycles. The first-order valence-electron chi connectivity index (χ1n) is 12.5. The maximum absolute atomic E-state index is 13.1. The van der Waals surface area contributed by atoms with Gasteiger partial charge in [0.15, 0.2) is 11.9 Å². The molecule has 2 saturated heterocycles. The van der Waals surface area contributed by atoms with Gasteiger partial charge < -0.3 is 24.6 Å². The highest BCUT2D eigenvalue weighted by molar-refractivity contribution is 6.04. The summed E-state index contributed by atoms with van der Waals surface area (Å²) in [4.78, 5) is 54.1. The molecule has 2 fully saturated rings. The highest BCUT2D eigenvalue weighted by atomic mass is 16.5. The van der Waals surface area contributed by atoms with E-state index in [1.165, 1.54) is 12.4 Å². The SMILES string of the molecule is CCN1CC[C@H](Oc2cc(Oc3ccc(C(=O)N4CCC4)nc3)cc(C(=O)Nc3cnc(C)cn3)c2)C1=O. The van der Waals surface area contributed by atoms with Gasteiger partial charge in [-0.05, 0) is 44.5 Å². The third-order valence-corrected chi connectivity index (χ3v) is 6.41. The third-order valence-electron chi connectivity index (χ3n) is 6.41. The fourth-order valence-corrected chi connectivity index (χ4v) is 4.16. The van der Waals surface area contributed by atoms with Crippen LogP contribution in [0.3, 0.4) is 0 Å². The van der Waals surface area contributed by atoms with Crippen molar-refractivity contribution in [1.29, 1.82) is 0 Å². The molecule has 38 heavy (non-hydrogen) atoms. The molecule has 0 saturated carbocycles. The Labute approximate surface area is 219 Å². The Hall–Kier alpha value is -4.54. The number of hydrogen-bond donors (Lipinski definition) is 1. The Morgan fingerprint density at radius 2 is 1.82 bits per heavy atom. The van der Waals surface area contributed by atoms with Gasteiger partial charge in [0.2, 0.25) is 0 Å². The van der Waals surface area contributed by atoms with Crippen molar-refractivity contribution in [2.75, 3.05) is 31.5 Å². The maximum Gasteiger partial charge on any atom is 0.272 e. The van der Waals surface area contributed by atoms with Crippen LogP contribution >= 0.6 is 0 Å². The summed E-state index contributed by atoms with van der Waals surface area (Å²) in [6, 6.07) is 7.98. The highest BCUT2D eigenvalue weighted by Crippen LogP contribution is 2.30. The molecule has 3 aromatic rings. The lowest BCUT2D eigenvalue weighted by atomic mass is 10.1. The van der Waals surface area contributed by atoms with E-state index in [2.05, 4.69) is 20.3 Å². The Balaban J connectivity index is 1.37. The summed E-state index contributed by atoms with van der Waals surface area (Å²) < 4.78 is 12.0. The molecule has 196 valence electrons. The molecule has 1 atom stereocenters. The number of aryl methyl sites for hydroxylation is 1. The second-order valence-electron chi connectivity index (χ2n) is 9.13. The second kappa shape index (κ2) is 10.8. The second-order valence-corrected chi connectivity index (χ2v) is 9.13. The molecular formula is C27H28N6O5. The maximum atomic E-state index is 13.1. The monoisotopic (exact) mass is 516 g/mol. The van der Waals surface area contributed by atoms with E-state index < -0.39 is 12.0 Å². The van der Waals surface area contributed by atoms with Crippen molar-refractivity contribution in [2.24, 2.45) is 0 Å². The zero-order valence-corrected chi connectivity index (χ0v) is 21.2. The first kappa shape index (κ1) is 25.1. The van der Waals surface area contributed by atoms with Crippen molar-refractivity contribution in [3.05, 3.63) is 65.9 Å². The number of rotatable bonds is 8. The van der Waals surface area contributed by atoms with Crippen molar-refractivity contribution >= 4 is 23.5 Å². The number of amides is 3. The van der Waals surface area contributed by atoms with E-state index in [9.17, 15) is 14.4 Å². The van der Waals surface area contributed by atoms with Crippen molar-refractivity contribution in [1.82, 2.24) is 24.8 Å². The van der Waals surface area contributed by atoms with Crippen LogP contribution < -0.4 is 14.8 Å². The average molecular weight is 517 g/mol. The lowest BCUT2D eigenvalue weighted by Crippen LogP contribution is -2.42. The van der Waals surface area contributed by atoms with Crippen LogP contribution in [0.15, 0.2) is 48.9 Å². The molecule has 0 unspecified atom stereocenters. The van der Waals surface area contributed by atoms with E-state index in [0.29, 0.717) is 48.3 Å². The van der Waals surface area contributed by atoms with Crippen molar-refractivity contribution in [3.8, 4) is 17.2 Å². The zero-order valence-electron chi connectivity index (χ0n) is 21.2. The summed E-state index contributed by atoms with van der Waals surface area (Å²) in [5.41, 5.74) is 1.31. The van der Waals surface area contributed by atoms with Crippen LogP contribution in [0.25, 0.3) is 0 Å². The van der Waals surface area contributed by atoms with Gasteiger partial charge in [0, 0.05) is 44.2 Å². The van der Waals surface area contributed by atoms with Gasteiger partial charge in [-0.25, -0.2) is 9.97 Å². The van der Waals surface area contributed by atoms with Crippen molar-refractivity contribution < 1.29 is 23.9 Å². The number of ether oxygens (including phenoxy) is 2. The van der Waals surface area contributed by atoms with E-state index in [-0.39, 0.29) is 17.4 Å². The molecular weight excluding hydrogens is 488 g/mol. The number of benzene rings is 1. The van der Waals surface area contributed by atoms with Crippen LogP contribution in [-0.2, 0) is 4.79 Å². The Morgan fingerprint density at radius 1 is 1.00 bits per heavy atom. The Kier molecular flexibility index (Phi) is 7.16. The molecule has 2 aliphatic heterocycles. The number of likely N-dealkylation sites (tertiary alicyclic amines) is 2. The average Bonchev–Trinajstić information content (AvgIpc) is 3.23. The van der Waals surface area contributed by atoms with E-state index >= 15 is 0 Å². The summed E-state index contributed by atoms with van der Waals surface area (Å²) in [6.45, 7) is 6.42. The van der Waals surface area contributed by atoms with Crippen LogP contribution in [-0.4, -0.2) is 74.8 Å². The number of carbonyl (C=O) groups is 3. The number of nitrogens with zero attached hydrogens (tertiary/aromatic N) is 5. The minimum Gasteiger partial charge on any atom is -0.480 e. The number of carbonyl (C=O) groups excluding carboxylic acids is 3. The molecule has 3 amide bonds. The van der Waals surface area contributed by atoms with Crippen LogP contribution in [0.5, 0.6) is 17.2 Å². The number of hydrogen-bond acceptors (Lipinski definition) is 8. The third kappa shape index (κ3) is 5.56. The zero-order chi connectivity index (χ0) is 26.6. The van der Waals surface area contributed by atoms with Gasteiger partial charge >= 0.3 is 0 Å². The summed E-state index contributed by atoms with van der Waals surface area (Å²) in [5.74, 6) is 0.656. The van der Waals surface area contributed by atoms with Crippen LogP contribution in [0.4, 0.5) is 5.82 Å². The van der Waals surface area contributed by atoms with Gasteiger partial charge in [0.05, 0.1) is 24.3 Å². The van der Waals surface area contributed by atoms with Gasteiger partial charge in [-0.2, -0.15) is 0 Å². The summed E-state index contributed by atoms with van der Waals surface area (Å²) in [6.07, 6.45) is 5.39. The summed E-state index contributed by atoms with van der Waals surface area (Å²) in [5, 5.41) is 2.71. The molecule has 0 aliphatic carbocycles. The number of likely N-dealkylation sites (N-methyl/N-ethyl adjacent to an activating group) is 1. The molecule has 4 heterocycles. The molecule has 0 bridgehead atoms. The Morgan fingerprint density at radius 3 is 2.45 bits per heavy atom. The van der Waals surface area contributed by atoms with Gasteiger partial charge in [-0.3, -0.25) is 19.4 Å². The number of pyridine rings is 1. The number of anilines is 1. The van der Waals surface area contributed by atoms with Crippen molar-refractivity contribution in [2.45, 2.75) is 32.8 Å². The molecule has 2 aromatic heterocycles. The van der Waals surface area contributed by atoms with Gasteiger partial charge in [-0.1, -0.05) is 0 Å². The standard InChI is InChI=1S/C27H28N6O5/c1-3-32-10-7-23(27(32)36)38-21-12-18(25(34)31-24-16-28-17(2)14-30-24)11-20(13-21)37-19-5-6-22(29-15-19)26(35)33-8-4-9-33/h5-6,11-16,23H,3-4,7-10H2,1-2H3,(H,30,31,34)/t23-/m0/s1. The summed E-state index contributed by atoms with van der Waals surface area (Å²) in [7, 11) is 0. The lowest BCUT2D eigenvalue weighted by molar-refractivity contribution is -0.133. The van der Waals surface area contributed by atoms with Crippen LogP contribution in [0.1, 0.15) is 46.3 Å². The Bertz CT molecular complexity index is 1340. The van der Waals surface area contributed by atoms with Crippen molar-refractivity contribution in [3.63, 3.8) is 0 Å². The number of nitrogens with one attached hydrogen (secondary N) is 1. The molecule has 11 nitrogen and oxygen atoms in total. The predicted octanol–water partition coefficient (Wildman–Crippen LogP) is 3.07. The van der Waals surface area contributed by atoms with Gasteiger partial charge in [-0.15, -0.1) is 0 Å². The molecule has 11 heteroatoms. The fourth-order valence-electron chi connectivity index (χ4n) is 4.16. The minimum atomic E-state index is -0.641. The quantitative estimate of drug-likeness (QED) is 0.484. The van der Waals surface area contributed by atoms with Gasteiger partial charge in [0.1, 0.15) is 22.9 Å². The normalized spacial score (nSPS) is 16.7. The largest absolute Gasteiger partial charge is 0.480 e. The van der Waals surface area contributed by atoms with Crippen LogP contribution in [0, 0.1) is 6.92 Å². The molecule has 0 spiro atoms. The molecule has 5 rings (SSSR count). The highest BCUT2D eigenvalue weighted by Gasteiger charge is 2.32. The summed E-state index contributed by atoms with van der Waals surface area (Å²) >= 11 is 0. The lowest BCUT2D eigenvalue weighted by Gasteiger charge is -2.30. The molecule has 1 N–H and O–H groups in total. The van der Waals surface area contributed by atoms with Crippen LogP contribution in [0.2, 0.25) is 0 Å². The van der Waals surface area contributed by atoms with E-state index in [1.807, 2.05) is 6.92 Å².